The highest BCUT2D eigenvalue weighted by molar-refractivity contribution is 5.82. The summed E-state index contributed by atoms with van der Waals surface area (Å²) in [5.74, 6) is -5.72. The van der Waals surface area contributed by atoms with Gasteiger partial charge in [-0.3, -0.25) is 39.4 Å². The maximum absolute atomic E-state index is 11.8. The number of methoxy groups -OCH3 is 2. The molecular weight excluding hydrogens is 800 g/mol. The molecular formula is C38H38N4O18. The molecule has 4 aromatic carbocycles. The molecule has 22 nitrogen and oxygen atoms in total. The third-order valence-electron chi connectivity index (χ3n) is 8.64. The second-order valence-corrected chi connectivity index (χ2v) is 12.6. The maximum Gasteiger partial charge on any atom is 0.323 e. The molecule has 0 aliphatic rings. The highest BCUT2D eigenvalue weighted by Crippen LogP contribution is 2.39. The van der Waals surface area contributed by atoms with Crippen LogP contribution in [0.15, 0.2) is 72.8 Å². The van der Waals surface area contributed by atoms with Gasteiger partial charge >= 0.3 is 23.9 Å². The molecule has 0 saturated heterocycles. The van der Waals surface area contributed by atoms with Crippen molar-refractivity contribution in [3.8, 4) is 23.0 Å². The quantitative estimate of drug-likeness (QED) is 0.0355. The first-order chi connectivity index (χ1) is 28.4. The van der Waals surface area contributed by atoms with E-state index in [4.69, 9.17) is 18.9 Å². The van der Waals surface area contributed by atoms with E-state index in [1.807, 2.05) is 0 Å². The van der Waals surface area contributed by atoms with Crippen LogP contribution in [-0.2, 0) is 19.2 Å². The van der Waals surface area contributed by atoms with E-state index in [1.165, 1.54) is 74.9 Å². The van der Waals surface area contributed by atoms with Crippen LogP contribution in [0.25, 0.3) is 0 Å². The molecule has 0 aliphatic carbocycles. The van der Waals surface area contributed by atoms with Gasteiger partial charge in [-0.05, 0) is 59.7 Å². The maximum atomic E-state index is 11.8. The number of rotatable bonds is 23. The molecule has 318 valence electrons. The second kappa shape index (κ2) is 20.1. The number of carboxylic acid groups (broad SMARTS) is 4. The molecule has 6 N–H and O–H groups in total. The predicted molar refractivity (Wildman–Crippen MR) is 206 cm³/mol. The molecule has 4 rings (SSSR count). The number of nitro benzene ring substituents is 2. The zero-order chi connectivity index (χ0) is 44.3. The summed E-state index contributed by atoms with van der Waals surface area (Å²) in [4.78, 5) is 71.0. The number of anilines is 2. The smallest absolute Gasteiger partial charge is 0.323 e. The normalized spacial score (nSPS) is 11.7. The summed E-state index contributed by atoms with van der Waals surface area (Å²) in [6.07, 6.45) is -3.38. The Morgan fingerprint density at radius 1 is 0.567 bits per heavy atom. The van der Waals surface area contributed by atoms with Crippen molar-refractivity contribution in [1.82, 2.24) is 0 Å². The van der Waals surface area contributed by atoms with Gasteiger partial charge in [-0.25, -0.2) is 0 Å². The Kier molecular flexibility index (Phi) is 15.1. The lowest BCUT2D eigenvalue weighted by atomic mass is 9.98. The van der Waals surface area contributed by atoms with Crippen LogP contribution in [0, 0.1) is 20.2 Å². The minimum Gasteiger partial charge on any atom is -0.497 e. The summed E-state index contributed by atoms with van der Waals surface area (Å²) < 4.78 is 22.2. The average molecular weight is 839 g/mol. The molecule has 0 aromatic heterocycles. The zero-order valence-corrected chi connectivity index (χ0v) is 31.7. The summed E-state index contributed by atoms with van der Waals surface area (Å²) in [5, 5.41) is 84.5. The van der Waals surface area contributed by atoms with Gasteiger partial charge in [0.25, 0.3) is 11.4 Å². The summed E-state index contributed by atoms with van der Waals surface area (Å²) in [7, 11) is 2.62. The molecule has 2 atom stereocenters. The monoisotopic (exact) mass is 838 g/mol. The molecule has 0 spiro atoms. The Bertz CT molecular complexity index is 2080. The van der Waals surface area contributed by atoms with Crippen LogP contribution < -0.4 is 28.7 Å². The number of nitrogens with zero attached hydrogens (tertiary/aromatic N) is 4. The van der Waals surface area contributed by atoms with Crippen LogP contribution >= 0.6 is 0 Å². The lowest BCUT2D eigenvalue weighted by molar-refractivity contribution is -0.386. The lowest BCUT2D eigenvalue weighted by Gasteiger charge is -2.26. The Balaban J connectivity index is 1.76. The van der Waals surface area contributed by atoms with E-state index >= 15 is 0 Å². The van der Waals surface area contributed by atoms with Crippen LogP contribution in [-0.4, -0.2) is 118 Å². The van der Waals surface area contributed by atoms with Gasteiger partial charge < -0.3 is 59.4 Å². The van der Waals surface area contributed by atoms with E-state index in [0.717, 1.165) is 21.9 Å². The third-order valence-corrected chi connectivity index (χ3v) is 8.64. The van der Waals surface area contributed by atoms with Crippen LogP contribution in [0.3, 0.4) is 0 Å². The molecule has 2 unspecified atom stereocenters. The first-order valence-electron chi connectivity index (χ1n) is 17.3. The first-order valence-corrected chi connectivity index (χ1v) is 17.3. The topological polar surface area (TPSA) is 319 Å². The fourth-order valence-electron chi connectivity index (χ4n) is 6.01. The largest absolute Gasteiger partial charge is 0.497 e. The molecule has 0 radical (unpaired) electrons. The van der Waals surface area contributed by atoms with Crippen molar-refractivity contribution >= 4 is 46.6 Å². The van der Waals surface area contributed by atoms with Gasteiger partial charge in [-0.15, -0.1) is 0 Å². The van der Waals surface area contributed by atoms with E-state index in [1.54, 1.807) is 0 Å². The Labute approximate surface area is 338 Å². The van der Waals surface area contributed by atoms with Gasteiger partial charge in [0.05, 0.1) is 46.6 Å². The standard InChI is InChI=1S/C38H38N4O18/c1-57-23-5-9-27(41(53)54)25(15-23)37(51)21-3-7-29(39(17-33(43)44)18-34(45)46)31(13-21)59-11-12-60-32-14-22(4-8-30(32)40(19-35(47)48)20-36(49)50)38(52)26-16-24(58-2)6-10-28(26)42(55)56/h3-10,13-16,37-38,51-52H,11-12,17-20H2,1-2H3,(H,43,44)(H,45,46)(H,47,48)(H,49,50). The number of hydrogen-bond acceptors (Lipinski definition) is 16. The molecule has 0 heterocycles. The van der Waals surface area contributed by atoms with Crippen molar-refractivity contribution in [2.24, 2.45) is 0 Å². The number of aliphatic hydroxyl groups excluding tert-OH is 2. The zero-order valence-electron chi connectivity index (χ0n) is 31.7. The van der Waals surface area contributed by atoms with E-state index in [9.17, 15) is 70.0 Å². The third kappa shape index (κ3) is 11.4. The second-order valence-electron chi connectivity index (χ2n) is 12.6. The number of benzene rings is 4. The van der Waals surface area contributed by atoms with Crippen LogP contribution in [0.1, 0.15) is 34.5 Å². The lowest BCUT2D eigenvalue weighted by Crippen LogP contribution is -2.35. The number of nitro groups is 2. The highest BCUT2D eigenvalue weighted by Gasteiger charge is 2.28. The van der Waals surface area contributed by atoms with Crippen LogP contribution in [0.4, 0.5) is 22.7 Å². The number of carbonyl (C=O) groups is 4. The van der Waals surface area contributed by atoms with Crippen LogP contribution in [0.2, 0.25) is 0 Å². The fraction of sp³-hybridized carbons (Fsp3) is 0.263. The molecule has 22 heteroatoms. The SMILES string of the molecule is COc1ccc([N+](=O)[O-])c(C(O)c2ccc(N(CC(=O)O)CC(=O)O)c(OCCOc3cc(C(O)c4cc(OC)ccc4[N+](=O)[O-])ccc3N(CC(=O)O)CC(=O)O)c2)c1. The van der Waals surface area contributed by atoms with Gasteiger partial charge in [-0.2, -0.15) is 0 Å². The van der Waals surface area contributed by atoms with Crippen molar-refractivity contribution in [3.63, 3.8) is 0 Å². The molecule has 0 saturated carbocycles. The Morgan fingerprint density at radius 2 is 0.900 bits per heavy atom. The van der Waals surface area contributed by atoms with Crippen LogP contribution in [0.5, 0.6) is 23.0 Å². The van der Waals surface area contributed by atoms with Gasteiger partial charge in [0.2, 0.25) is 0 Å². The van der Waals surface area contributed by atoms with Crippen molar-refractivity contribution in [1.29, 1.82) is 0 Å². The van der Waals surface area contributed by atoms with Gasteiger partial charge in [-0.1, -0.05) is 12.1 Å². The fourth-order valence-corrected chi connectivity index (χ4v) is 6.01. The molecule has 4 aromatic rings. The minimum atomic E-state index is -1.69. The predicted octanol–water partition coefficient (Wildman–Crippen LogP) is 3.09. The molecule has 60 heavy (non-hydrogen) atoms. The summed E-state index contributed by atoms with van der Waals surface area (Å²) in [6.45, 7) is -4.20. The molecule has 0 fully saturated rings. The van der Waals surface area contributed by atoms with Crippen molar-refractivity contribution < 1.29 is 78.6 Å². The van der Waals surface area contributed by atoms with Gasteiger partial charge in [0.1, 0.15) is 74.6 Å². The number of aliphatic carboxylic acids is 4. The highest BCUT2D eigenvalue weighted by atomic mass is 16.6. The first kappa shape index (κ1) is 45.0. The van der Waals surface area contributed by atoms with E-state index < -0.39 is 96.7 Å². The van der Waals surface area contributed by atoms with Gasteiger partial charge in [0.15, 0.2) is 0 Å². The number of ether oxygens (including phenoxy) is 4. The van der Waals surface area contributed by atoms with E-state index in [2.05, 4.69) is 0 Å². The van der Waals surface area contributed by atoms with Gasteiger partial charge in [0, 0.05) is 12.1 Å². The molecule has 0 amide bonds. The summed E-state index contributed by atoms with van der Waals surface area (Å²) >= 11 is 0. The number of hydrogen-bond donors (Lipinski definition) is 6. The molecule has 0 aliphatic heterocycles. The van der Waals surface area contributed by atoms with E-state index in [0.29, 0.717) is 0 Å². The summed E-state index contributed by atoms with van der Waals surface area (Å²) in [5.41, 5.74) is -1.50. The summed E-state index contributed by atoms with van der Waals surface area (Å²) in [6, 6.07) is 14.8. The van der Waals surface area contributed by atoms with E-state index in [-0.39, 0.29) is 56.6 Å². The van der Waals surface area contributed by atoms with Crippen molar-refractivity contribution in [3.05, 3.63) is 115 Å². The number of aliphatic hydroxyl groups is 2. The Hall–Kier alpha value is -7.72. The average Bonchev–Trinajstić information content (AvgIpc) is 3.19. The van der Waals surface area contributed by atoms with Crippen molar-refractivity contribution in [2.45, 2.75) is 12.2 Å². The van der Waals surface area contributed by atoms with Crippen molar-refractivity contribution in [2.75, 3.05) is 63.4 Å². The minimum absolute atomic E-state index is 0.00906. The Morgan fingerprint density at radius 3 is 1.18 bits per heavy atom. The molecule has 0 bridgehead atoms. The number of carboxylic acids is 4.